The molecule has 2 rings (SSSR count). The Morgan fingerprint density at radius 2 is 1.52 bits per heavy atom. The lowest BCUT2D eigenvalue weighted by molar-refractivity contribution is -0.147. The van der Waals surface area contributed by atoms with E-state index in [1.165, 1.54) is 32.8 Å². The van der Waals surface area contributed by atoms with Crippen molar-refractivity contribution >= 4 is 11.9 Å². The molecule has 5 heteroatoms. The van der Waals surface area contributed by atoms with E-state index < -0.39 is 0 Å². The molecule has 0 aromatic rings. The fraction of sp³-hybridized carbons (Fsp3) is 0.889. The smallest absolute Gasteiger partial charge is 0.308 e. The first-order valence-corrected chi connectivity index (χ1v) is 9.18. The quantitative estimate of drug-likeness (QED) is 0.463. The summed E-state index contributed by atoms with van der Waals surface area (Å²) >= 11 is 0. The molecule has 0 bridgehead atoms. The molecule has 0 aromatic heterocycles. The Bertz CT molecular complexity index is 369. The second kappa shape index (κ2) is 9.91. The number of nitrogens with one attached hydrogen (secondary N) is 1. The number of amides is 1. The van der Waals surface area contributed by atoms with Crippen LogP contribution in [0.2, 0.25) is 0 Å². The molecule has 0 aromatic carbocycles. The molecule has 0 unspecified atom stereocenters. The van der Waals surface area contributed by atoms with Crippen LogP contribution in [-0.2, 0) is 19.1 Å². The zero-order valence-corrected chi connectivity index (χ0v) is 14.4. The van der Waals surface area contributed by atoms with Gasteiger partial charge in [-0.2, -0.15) is 0 Å². The first kappa shape index (κ1) is 18.2. The van der Waals surface area contributed by atoms with Crippen LogP contribution in [-0.4, -0.2) is 38.2 Å². The summed E-state index contributed by atoms with van der Waals surface area (Å²) in [6.07, 6.45) is 10.9. The fourth-order valence-electron chi connectivity index (χ4n) is 3.71. The Labute approximate surface area is 139 Å². The Hall–Kier alpha value is -1.10. The van der Waals surface area contributed by atoms with Crippen LogP contribution in [0.15, 0.2) is 0 Å². The van der Waals surface area contributed by atoms with E-state index >= 15 is 0 Å². The summed E-state index contributed by atoms with van der Waals surface area (Å²) in [6.45, 7) is 1.19. The van der Waals surface area contributed by atoms with E-state index in [1.807, 2.05) is 0 Å². The van der Waals surface area contributed by atoms with Crippen molar-refractivity contribution in [3.05, 3.63) is 0 Å². The highest BCUT2D eigenvalue weighted by Crippen LogP contribution is 2.29. The third kappa shape index (κ3) is 6.13. The van der Waals surface area contributed by atoms with Crippen molar-refractivity contribution in [2.24, 2.45) is 11.8 Å². The van der Waals surface area contributed by atoms with Crippen molar-refractivity contribution in [3.8, 4) is 0 Å². The number of esters is 1. The van der Waals surface area contributed by atoms with E-state index in [0.29, 0.717) is 19.3 Å². The van der Waals surface area contributed by atoms with Crippen LogP contribution in [0.1, 0.15) is 64.2 Å². The Balaban J connectivity index is 1.57. The summed E-state index contributed by atoms with van der Waals surface area (Å²) in [6, 6.07) is 0. The molecule has 1 amide bonds. The van der Waals surface area contributed by atoms with Crippen LogP contribution >= 0.6 is 0 Å². The molecule has 23 heavy (non-hydrogen) atoms. The fourth-order valence-corrected chi connectivity index (χ4v) is 3.71. The summed E-state index contributed by atoms with van der Waals surface area (Å²) in [5.74, 6) is -0.0187. The molecule has 0 saturated heterocycles. The topological polar surface area (TPSA) is 64.6 Å². The molecular formula is C18H31NO4. The number of hydrogen-bond donors (Lipinski definition) is 1. The largest absolute Gasteiger partial charge is 0.469 e. The average Bonchev–Trinajstić information content (AvgIpc) is 2.86. The molecule has 0 radical (unpaired) electrons. The van der Waals surface area contributed by atoms with Gasteiger partial charge in [-0.3, -0.25) is 9.59 Å². The molecular weight excluding hydrogens is 294 g/mol. The van der Waals surface area contributed by atoms with Crippen LogP contribution < -0.4 is 5.32 Å². The van der Waals surface area contributed by atoms with E-state index in [-0.39, 0.29) is 23.7 Å². The summed E-state index contributed by atoms with van der Waals surface area (Å²) in [5, 5.41) is 2.99. The monoisotopic (exact) mass is 325 g/mol. The number of carbonyl (C=O) groups is 2. The lowest BCUT2D eigenvalue weighted by Gasteiger charge is -2.26. The third-order valence-electron chi connectivity index (χ3n) is 5.19. The van der Waals surface area contributed by atoms with Gasteiger partial charge in [0.2, 0.25) is 5.91 Å². The van der Waals surface area contributed by atoms with Crippen molar-refractivity contribution in [3.63, 3.8) is 0 Å². The summed E-state index contributed by atoms with van der Waals surface area (Å²) in [4.78, 5) is 23.7. The van der Waals surface area contributed by atoms with Gasteiger partial charge in [0.05, 0.1) is 25.7 Å². The Morgan fingerprint density at radius 1 is 0.913 bits per heavy atom. The van der Waals surface area contributed by atoms with Gasteiger partial charge >= 0.3 is 5.97 Å². The molecule has 1 N–H and O–H groups in total. The molecule has 2 aliphatic rings. The molecule has 5 nitrogen and oxygen atoms in total. The molecule has 0 heterocycles. The van der Waals surface area contributed by atoms with Crippen LogP contribution in [0.4, 0.5) is 0 Å². The van der Waals surface area contributed by atoms with Gasteiger partial charge in [0.1, 0.15) is 0 Å². The minimum atomic E-state index is -0.138. The molecule has 132 valence electrons. The average molecular weight is 325 g/mol. The molecule has 2 fully saturated rings. The highest BCUT2D eigenvalue weighted by Gasteiger charge is 2.30. The SMILES string of the molecule is COC(=O)C1CCC(C(=O)NCCOC2CCCCCC2)CC1. The summed E-state index contributed by atoms with van der Waals surface area (Å²) in [5.41, 5.74) is 0. The van der Waals surface area contributed by atoms with E-state index in [0.717, 1.165) is 38.5 Å². The standard InChI is InChI=1S/C18H31NO4/c1-22-18(21)15-10-8-14(9-11-15)17(20)19-12-13-23-16-6-4-2-3-5-7-16/h14-16H,2-13H2,1H3,(H,19,20). The van der Waals surface area contributed by atoms with E-state index in [1.54, 1.807) is 0 Å². The Kier molecular flexibility index (Phi) is 7.86. The predicted octanol–water partition coefficient (Wildman–Crippen LogP) is 2.82. The van der Waals surface area contributed by atoms with Gasteiger partial charge in [-0.15, -0.1) is 0 Å². The highest BCUT2D eigenvalue weighted by atomic mass is 16.5. The molecule has 2 saturated carbocycles. The van der Waals surface area contributed by atoms with Gasteiger partial charge < -0.3 is 14.8 Å². The van der Waals surface area contributed by atoms with Crippen LogP contribution in [0.3, 0.4) is 0 Å². The minimum absolute atomic E-state index is 0.0254. The predicted molar refractivity (Wildman–Crippen MR) is 87.9 cm³/mol. The zero-order chi connectivity index (χ0) is 16.5. The second-order valence-corrected chi connectivity index (χ2v) is 6.85. The van der Waals surface area contributed by atoms with Crippen LogP contribution in [0, 0.1) is 11.8 Å². The van der Waals surface area contributed by atoms with Crippen molar-refractivity contribution in [2.75, 3.05) is 20.3 Å². The summed E-state index contributed by atoms with van der Waals surface area (Å²) in [7, 11) is 1.43. The maximum atomic E-state index is 12.2. The van der Waals surface area contributed by atoms with Gasteiger partial charge in [-0.25, -0.2) is 0 Å². The van der Waals surface area contributed by atoms with Gasteiger partial charge in [0.15, 0.2) is 0 Å². The van der Waals surface area contributed by atoms with Crippen LogP contribution in [0.25, 0.3) is 0 Å². The van der Waals surface area contributed by atoms with Gasteiger partial charge in [-0.05, 0) is 38.5 Å². The molecule has 0 spiro atoms. The van der Waals surface area contributed by atoms with Crippen molar-refractivity contribution in [1.29, 1.82) is 0 Å². The lowest BCUT2D eigenvalue weighted by Crippen LogP contribution is -2.36. The first-order valence-electron chi connectivity index (χ1n) is 9.18. The second-order valence-electron chi connectivity index (χ2n) is 6.85. The number of rotatable bonds is 6. The summed E-state index contributed by atoms with van der Waals surface area (Å²) < 4.78 is 10.7. The molecule has 0 atom stereocenters. The lowest BCUT2D eigenvalue weighted by atomic mass is 9.81. The molecule has 0 aliphatic heterocycles. The van der Waals surface area contributed by atoms with Crippen molar-refractivity contribution in [2.45, 2.75) is 70.3 Å². The number of methoxy groups -OCH3 is 1. The van der Waals surface area contributed by atoms with Gasteiger partial charge in [0, 0.05) is 12.5 Å². The van der Waals surface area contributed by atoms with Crippen LogP contribution in [0.5, 0.6) is 0 Å². The van der Waals surface area contributed by atoms with E-state index in [4.69, 9.17) is 9.47 Å². The first-order chi connectivity index (χ1) is 11.2. The maximum absolute atomic E-state index is 12.2. The van der Waals surface area contributed by atoms with Gasteiger partial charge in [-0.1, -0.05) is 25.7 Å². The van der Waals surface area contributed by atoms with Gasteiger partial charge in [0.25, 0.3) is 0 Å². The number of ether oxygens (including phenoxy) is 2. The number of carbonyl (C=O) groups excluding carboxylic acids is 2. The minimum Gasteiger partial charge on any atom is -0.469 e. The normalized spacial score (nSPS) is 26.3. The zero-order valence-electron chi connectivity index (χ0n) is 14.4. The van der Waals surface area contributed by atoms with Crippen molar-refractivity contribution < 1.29 is 19.1 Å². The maximum Gasteiger partial charge on any atom is 0.308 e. The molecule has 2 aliphatic carbocycles. The Morgan fingerprint density at radius 3 is 2.13 bits per heavy atom. The van der Waals surface area contributed by atoms with E-state index in [2.05, 4.69) is 5.32 Å². The van der Waals surface area contributed by atoms with Crippen molar-refractivity contribution in [1.82, 2.24) is 5.32 Å². The third-order valence-corrected chi connectivity index (χ3v) is 5.19. The highest BCUT2D eigenvalue weighted by molar-refractivity contribution is 5.79. The number of hydrogen-bond acceptors (Lipinski definition) is 4. The van der Waals surface area contributed by atoms with E-state index in [9.17, 15) is 9.59 Å².